The van der Waals surface area contributed by atoms with Crippen molar-refractivity contribution in [1.82, 2.24) is 16.0 Å². The van der Waals surface area contributed by atoms with Crippen LogP contribution in [-0.2, 0) is 25.6 Å². The predicted molar refractivity (Wildman–Crippen MR) is 120 cm³/mol. The Kier molecular flexibility index (Phi) is 9.96. The number of ether oxygens (including phenoxy) is 2. The minimum Gasteiger partial charge on any atom is -0.444 e. The van der Waals surface area contributed by atoms with E-state index < -0.39 is 29.3 Å². The first kappa shape index (κ1) is 26.7. The number of alkyl carbamates (subject to hydrolysis) is 2. The van der Waals surface area contributed by atoms with Crippen LogP contribution in [0.25, 0.3) is 0 Å². The molecule has 0 saturated carbocycles. The van der Waals surface area contributed by atoms with Gasteiger partial charge in [-0.05, 0) is 59.2 Å². The van der Waals surface area contributed by atoms with Gasteiger partial charge in [0.25, 0.3) is 0 Å². The van der Waals surface area contributed by atoms with Crippen LogP contribution in [0.15, 0.2) is 24.3 Å². The molecule has 0 unspecified atom stereocenters. The van der Waals surface area contributed by atoms with Gasteiger partial charge in [0.2, 0.25) is 11.8 Å². The third-order valence-electron chi connectivity index (χ3n) is 3.51. The smallest absolute Gasteiger partial charge is 0.408 e. The highest BCUT2D eigenvalue weighted by molar-refractivity contribution is 5.93. The summed E-state index contributed by atoms with van der Waals surface area (Å²) >= 11 is 0. The molecule has 0 aromatic heterocycles. The number of carbonyl (C=O) groups is 4. The van der Waals surface area contributed by atoms with Crippen LogP contribution in [0.2, 0.25) is 0 Å². The Morgan fingerprint density at radius 2 is 1.41 bits per heavy atom. The minimum absolute atomic E-state index is 0.103. The summed E-state index contributed by atoms with van der Waals surface area (Å²) in [5.41, 5.74) is 0.0552. The van der Waals surface area contributed by atoms with Gasteiger partial charge in [0, 0.05) is 25.2 Å². The summed E-state index contributed by atoms with van der Waals surface area (Å²) in [7, 11) is 0. The van der Waals surface area contributed by atoms with Gasteiger partial charge in [-0.15, -0.1) is 0 Å². The molecule has 4 amide bonds. The molecule has 0 fully saturated rings. The van der Waals surface area contributed by atoms with Crippen LogP contribution in [-0.4, -0.2) is 48.3 Å². The lowest BCUT2D eigenvalue weighted by molar-refractivity contribution is -0.121. The fraction of sp³-hybridized carbons (Fsp3) is 0.545. The van der Waals surface area contributed by atoms with Gasteiger partial charge in [0.05, 0.1) is 0 Å². The Morgan fingerprint density at radius 3 is 2.00 bits per heavy atom. The lowest BCUT2D eigenvalue weighted by Crippen LogP contribution is -2.37. The van der Waals surface area contributed by atoms with Crippen LogP contribution in [0.4, 0.5) is 15.3 Å². The molecule has 178 valence electrons. The standard InChI is InChI=1S/C22H34N4O6/c1-21(2,3)31-19(29)23-11-10-17(27)24-13-15-8-7-9-16(12-15)26-18(28)14-25-20(30)32-22(4,5)6/h7-9,12H,10-11,13-14H2,1-6H3,(H,23,29)(H,24,27)(H,25,30)(H,26,28). The van der Waals surface area contributed by atoms with E-state index in [1.807, 2.05) is 0 Å². The van der Waals surface area contributed by atoms with E-state index in [4.69, 9.17) is 9.47 Å². The van der Waals surface area contributed by atoms with Crippen molar-refractivity contribution in [3.8, 4) is 0 Å². The molecule has 1 aromatic carbocycles. The SMILES string of the molecule is CC(C)(C)OC(=O)NCCC(=O)NCc1cccc(NC(=O)CNC(=O)OC(C)(C)C)c1. The summed E-state index contributed by atoms with van der Waals surface area (Å²) in [6, 6.07) is 6.95. The van der Waals surface area contributed by atoms with Crippen LogP contribution < -0.4 is 21.3 Å². The van der Waals surface area contributed by atoms with Crippen LogP contribution in [0.5, 0.6) is 0 Å². The summed E-state index contributed by atoms with van der Waals surface area (Å²) in [5, 5.41) is 10.3. The molecule has 0 aliphatic heterocycles. The molecule has 0 bridgehead atoms. The van der Waals surface area contributed by atoms with E-state index >= 15 is 0 Å². The van der Waals surface area contributed by atoms with Gasteiger partial charge < -0.3 is 30.7 Å². The minimum atomic E-state index is -0.676. The van der Waals surface area contributed by atoms with Gasteiger partial charge in [-0.1, -0.05) is 12.1 Å². The van der Waals surface area contributed by atoms with E-state index in [0.717, 1.165) is 5.56 Å². The molecule has 0 spiro atoms. The van der Waals surface area contributed by atoms with Crippen molar-refractivity contribution in [2.24, 2.45) is 0 Å². The third kappa shape index (κ3) is 13.1. The molecule has 1 rings (SSSR count). The number of benzene rings is 1. The lowest BCUT2D eigenvalue weighted by atomic mass is 10.2. The number of hydrogen-bond donors (Lipinski definition) is 4. The van der Waals surface area contributed by atoms with E-state index in [0.29, 0.717) is 5.69 Å². The maximum Gasteiger partial charge on any atom is 0.408 e. The zero-order chi connectivity index (χ0) is 24.4. The monoisotopic (exact) mass is 450 g/mol. The number of hydrogen-bond acceptors (Lipinski definition) is 6. The van der Waals surface area contributed by atoms with Gasteiger partial charge in [-0.25, -0.2) is 9.59 Å². The van der Waals surface area contributed by atoms with Crippen molar-refractivity contribution < 1.29 is 28.7 Å². The first-order valence-electron chi connectivity index (χ1n) is 10.3. The molecule has 0 heterocycles. The quantitative estimate of drug-likeness (QED) is 0.481. The molecule has 0 aliphatic rings. The largest absolute Gasteiger partial charge is 0.444 e. The molecule has 32 heavy (non-hydrogen) atoms. The molecule has 0 radical (unpaired) electrons. The molecule has 0 saturated heterocycles. The molecule has 0 atom stereocenters. The van der Waals surface area contributed by atoms with Crippen molar-refractivity contribution in [2.75, 3.05) is 18.4 Å². The topological polar surface area (TPSA) is 135 Å². The number of rotatable bonds is 8. The van der Waals surface area contributed by atoms with Crippen LogP contribution >= 0.6 is 0 Å². The Morgan fingerprint density at radius 1 is 0.812 bits per heavy atom. The highest BCUT2D eigenvalue weighted by Crippen LogP contribution is 2.11. The zero-order valence-electron chi connectivity index (χ0n) is 19.6. The fourth-order valence-corrected chi connectivity index (χ4v) is 2.31. The second kappa shape index (κ2) is 11.9. The van der Waals surface area contributed by atoms with Gasteiger partial charge in [-0.2, -0.15) is 0 Å². The Labute approximate surface area is 188 Å². The average Bonchev–Trinajstić information content (AvgIpc) is 2.62. The number of carbonyl (C=O) groups excluding carboxylic acids is 4. The van der Waals surface area contributed by atoms with Crippen LogP contribution in [0, 0.1) is 0 Å². The highest BCUT2D eigenvalue weighted by atomic mass is 16.6. The van der Waals surface area contributed by atoms with Crippen LogP contribution in [0.1, 0.15) is 53.5 Å². The van der Waals surface area contributed by atoms with Gasteiger partial charge >= 0.3 is 12.2 Å². The maximum atomic E-state index is 12.0. The zero-order valence-corrected chi connectivity index (χ0v) is 19.6. The van der Waals surface area contributed by atoms with Crippen LogP contribution in [0.3, 0.4) is 0 Å². The number of amides is 4. The summed E-state index contributed by atoms with van der Waals surface area (Å²) in [5.74, 6) is -0.651. The first-order valence-corrected chi connectivity index (χ1v) is 10.3. The summed E-state index contributed by atoms with van der Waals surface area (Å²) in [4.78, 5) is 47.2. The van der Waals surface area contributed by atoms with Gasteiger partial charge in [0.1, 0.15) is 17.7 Å². The lowest BCUT2D eigenvalue weighted by Gasteiger charge is -2.19. The average molecular weight is 451 g/mol. The van der Waals surface area contributed by atoms with Crippen molar-refractivity contribution in [3.63, 3.8) is 0 Å². The third-order valence-corrected chi connectivity index (χ3v) is 3.51. The van der Waals surface area contributed by atoms with E-state index in [-0.39, 0.29) is 32.0 Å². The fourth-order valence-electron chi connectivity index (χ4n) is 2.31. The van der Waals surface area contributed by atoms with Crippen molar-refractivity contribution >= 4 is 29.7 Å². The Bertz CT molecular complexity index is 811. The van der Waals surface area contributed by atoms with Crippen molar-refractivity contribution in [1.29, 1.82) is 0 Å². The van der Waals surface area contributed by atoms with Crippen molar-refractivity contribution in [2.45, 2.75) is 65.7 Å². The van der Waals surface area contributed by atoms with Gasteiger partial charge in [0.15, 0.2) is 0 Å². The first-order chi connectivity index (χ1) is 14.7. The number of anilines is 1. The second-order valence-corrected chi connectivity index (χ2v) is 9.06. The summed E-state index contributed by atoms with van der Waals surface area (Å²) in [6.07, 6.45) is -1.15. The molecule has 10 nitrogen and oxygen atoms in total. The molecular formula is C22H34N4O6. The second-order valence-electron chi connectivity index (χ2n) is 9.06. The molecule has 1 aromatic rings. The Hall–Kier alpha value is -3.30. The molecule has 4 N–H and O–H groups in total. The summed E-state index contributed by atoms with van der Waals surface area (Å²) in [6.45, 7) is 10.6. The van der Waals surface area contributed by atoms with E-state index in [1.165, 1.54) is 0 Å². The van der Waals surface area contributed by atoms with E-state index in [2.05, 4.69) is 21.3 Å². The molecule has 10 heteroatoms. The molecule has 0 aliphatic carbocycles. The van der Waals surface area contributed by atoms with E-state index in [1.54, 1.807) is 65.8 Å². The predicted octanol–water partition coefficient (Wildman–Crippen LogP) is 2.68. The maximum absolute atomic E-state index is 12.0. The normalized spacial score (nSPS) is 11.2. The van der Waals surface area contributed by atoms with Crippen molar-refractivity contribution in [3.05, 3.63) is 29.8 Å². The summed E-state index contributed by atoms with van der Waals surface area (Å²) < 4.78 is 10.2. The Balaban J connectivity index is 2.38. The van der Waals surface area contributed by atoms with E-state index in [9.17, 15) is 19.2 Å². The molecular weight excluding hydrogens is 416 g/mol. The highest BCUT2D eigenvalue weighted by Gasteiger charge is 2.17. The van der Waals surface area contributed by atoms with Gasteiger partial charge in [-0.3, -0.25) is 9.59 Å². The number of nitrogens with one attached hydrogen (secondary N) is 4.